The third kappa shape index (κ3) is 5.68. The summed E-state index contributed by atoms with van der Waals surface area (Å²) in [6.45, 7) is -2.76. The van der Waals surface area contributed by atoms with Gasteiger partial charge >= 0.3 is 6.61 Å². The predicted octanol–water partition coefficient (Wildman–Crippen LogP) is 2.75. The summed E-state index contributed by atoms with van der Waals surface area (Å²) in [5.74, 6) is -0.327. The number of thiazole rings is 1. The first-order valence-corrected chi connectivity index (χ1v) is 7.43. The smallest absolute Gasteiger partial charge is 0.387 e. The highest BCUT2D eigenvalue weighted by Crippen LogP contribution is 2.27. The van der Waals surface area contributed by atoms with Crippen LogP contribution < -0.4 is 15.8 Å². The van der Waals surface area contributed by atoms with Gasteiger partial charge in [0.1, 0.15) is 11.8 Å². The molecule has 2 rings (SSSR count). The Bertz CT molecular complexity index is 655. The quantitative estimate of drug-likeness (QED) is 0.772. The summed E-state index contributed by atoms with van der Waals surface area (Å²) in [6.07, 6.45) is 0. The summed E-state index contributed by atoms with van der Waals surface area (Å²) in [7, 11) is 1.45. The fourth-order valence-corrected chi connectivity index (χ4v) is 2.45. The highest BCUT2D eigenvalue weighted by atomic mass is 35.5. The zero-order valence-electron chi connectivity index (χ0n) is 12.6. The highest BCUT2D eigenvalue weighted by molar-refractivity contribution is 7.14. The van der Waals surface area contributed by atoms with Gasteiger partial charge in [0, 0.05) is 18.1 Å². The standard InChI is InChI=1S/C14H15F2N3O3S.ClH/c1-21-6-10(17)12(20)19-14-18-11(7-23-14)8-2-4-9(5-3-8)22-13(15)16;/h2-5,7,10,13H,6,17H2,1H3,(H,18,19,20);1H. The van der Waals surface area contributed by atoms with Crippen molar-refractivity contribution >= 4 is 34.8 Å². The second-order valence-electron chi connectivity index (χ2n) is 4.49. The van der Waals surface area contributed by atoms with Crippen LogP contribution in [0, 0.1) is 0 Å². The molecule has 0 radical (unpaired) electrons. The van der Waals surface area contributed by atoms with E-state index in [1.807, 2.05) is 0 Å². The van der Waals surface area contributed by atoms with E-state index >= 15 is 0 Å². The molecule has 0 bridgehead atoms. The van der Waals surface area contributed by atoms with Crippen LogP contribution in [0.15, 0.2) is 29.6 Å². The second kappa shape index (κ2) is 9.48. The summed E-state index contributed by atoms with van der Waals surface area (Å²) >= 11 is 1.23. The number of carbonyl (C=O) groups is 1. The first-order valence-electron chi connectivity index (χ1n) is 6.55. The van der Waals surface area contributed by atoms with Gasteiger partial charge in [0.05, 0.1) is 12.3 Å². The lowest BCUT2D eigenvalue weighted by Gasteiger charge is -2.08. The minimum absolute atomic E-state index is 0. The van der Waals surface area contributed by atoms with Crippen LogP contribution in [0.1, 0.15) is 0 Å². The molecule has 0 aliphatic carbocycles. The van der Waals surface area contributed by atoms with Crippen molar-refractivity contribution in [2.24, 2.45) is 5.73 Å². The Hall–Kier alpha value is -1.81. The molecule has 1 aromatic carbocycles. The number of hydrogen-bond donors (Lipinski definition) is 2. The first kappa shape index (κ1) is 20.2. The zero-order chi connectivity index (χ0) is 16.8. The highest BCUT2D eigenvalue weighted by Gasteiger charge is 2.15. The number of anilines is 1. The SMILES string of the molecule is COCC(N)C(=O)Nc1nc(-c2ccc(OC(F)F)cc2)cs1.Cl. The monoisotopic (exact) mass is 379 g/mol. The van der Waals surface area contributed by atoms with Gasteiger partial charge in [-0.15, -0.1) is 23.7 Å². The molecule has 1 heterocycles. The molecule has 24 heavy (non-hydrogen) atoms. The number of nitrogens with two attached hydrogens (primary N) is 1. The Morgan fingerprint density at radius 3 is 2.62 bits per heavy atom. The molecule has 1 unspecified atom stereocenters. The van der Waals surface area contributed by atoms with Gasteiger partial charge in [-0.1, -0.05) is 0 Å². The maximum absolute atomic E-state index is 12.1. The third-order valence-electron chi connectivity index (χ3n) is 2.79. The van der Waals surface area contributed by atoms with Gasteiger partial charge in [-0.2, -0.15) is 8.78 Å². The van der Waals surface area contributed by atoms with Gasteiger partial charge in [-0.3, -0.25) is 4.79 Å². The number of ether oxygens (including phenoxy) is 2. The number of hydrogen-bond acceptors (Lipinski definition) is 6. The van der Waals surface area contributed by atoms with Crippen LogP contribution in [0.5, 0.6) is 5.75 Å². The molecule has 0 fully saturated rings. The van der Waals surface area contributed by atoms with Crippen molar-refractivity contribution in [1.29, 1.82) is 0 Å². The Morgan fingerprint density at radius 1 is 1.38 bits per heavy atom. The van der Waals surface area contributed by atoms with Crippen LogP contribution in [-0.4, -0.2) is 37.3 Å². The molecule has 10 heteroatoms. The molecule has 0 aliphatic rings. The van der Waals surface area contributed by atoms with Crippen molar-refractivity contribution in [3.05, 3.63) is 29.6 Å². The van der Waals surface area contributed by atoms with E-state index in [1.54, 1.807) is 17.5 Å². The summed E-state index contributed by atoms with van der Waals surface area (Å²) in [4.78, 5) is 16.0. The lowest BCUT2D eigenvalue weighted by atomic mass is 10.2. The summed E-state index contributed by atoms with van der Waals surface area (Å²) in [5, 5.41) is 4.72. The average Bonchev–Trinajstić information content (AvgIpc) is 2.96. The molecule has 0 saturated heterocycles. The molecule has 0 spiro atoms. The van der Waals surface area contributed by atoms with Crippen LogP contribution in [0.4, 0.5) is 13.9 Å². The summed E-state index contributed by atoms with van der Waals surface area (Å²) in [5.41, 5.74) is 6.93. The molecule has 3 N–H and O–H groups in total. The van der Waals surface area contributed by atoms with Gasteiger partial charge in [-0.05, 0) is 24.3 Å². The maximum atomic E-state index is 12.1. The number of nitrogens with one attached hydrogen (secondary N) is 1. The Kier molecular flexibility index (Phi) is 7.99. The van der Waals surface area contributed by atoms with Gasteiger partial charge in [0.15, 0.2) is 5.13 Å². The number of benzene rings is 1. The van der Waals surface area contributed by atoms with E-state index in [2.05, 4.69) is 15.0 Å². The van der Waals surface area contributed by atoms with E-state index in [9.17, 15) is 13.6 Å². The Labute approximate surface area is 147 Å². The largest absolute Gasteiger partial charge is 0.435 e. The van der Waals surface area contributed by atoms with Crippen molar-refractivity contribution < 1.29 is 23.0 Å². The normalized spacial score (nSPS) is 11.7. The van der Waals surface area contributed by atoms with Crippen molar-refractivity contribution in [3.8, 4) is 17.0 Å². The van der Waals surface area contributed by atoms with E-state index in [0.29, 0.717) is 16.4 Å². The topological polar surface area (TPSA) is 86.5 Å². The molecule has 6 nitrogen and oxygen atoms in total. The predicted molar refractivity (Wildman–Crippen MR) is 89.9 cm³/mol. The number of halogens is 3. The Balaban J connectivity index is 0.00000288. The van der Waals surface area contributed by atoms with E-state index in [0.717, 1.165) is 0 Å². The number of alkyl halides is 2. The first-order chi connectivity index (χ1) is 11.0. The fraction of sp³-hybridized carbons (Fsp3) is 0.286. The van der Waals surface area contributed by atoms with Gasteiger partial charge < -0.3 is 20.5 Å². The second-order valence-corrected chi connectivity index (χ2v) is 5.35. The third-order valence-corrected chi connectivity index (χ3v) is 3.55. The molecule has 132 valence electrons. The number of rotatable bonds is 7. The fourth-order valence-electron chi connectivity index (χ4n) is 1.72. The molecule has 1 amide bonds. The molecular formula is C14H16ClF2N3O3S. The van der Waals surface area contributed by atoms with Gasteiger partial charge in [0.25, 0.3) is 0 Å². The van der Waals surface area contributed by atoms with E-state index in [1.165, 1.54) is 30.6 Å². The number of aromatic nitrogens is 1. The van der Waals surface area contributed by atoms with Gasteiger partial charge in [0.2, 0.25) is 5.91 Å². The van der Waals surface area contributed by atoms with Crippen LogP contribution >= 0.6 is 23.7 Å². The van der Waals surface area contributed by atoms with Crippen LogP contribution in [0.25, 0.3) is 11.3 Å². The molecule has 1 atom stereocenters. The number of carbonyl (C=O) groups excluding carboxylic acids is 1. The molecule has 1 aromatic heterocycles. The van der Waals surface area contributed by atoms with Gasteiger partial charge in [-0.25, -0.2) is 4.98 Å². The van der Waals surface area contributed by atoms with E-state index in [-0.39, 0.29) is 24.8 Å². The van der Waals surface area contributed by atoms with Crippen molar-refractivity contribution in [3.63, 3.8) is 0 Å². The van der Waals surface area contributed by atoms with Crippen molar-refractivity contribution in [2.45, 2.75) is 12.7 Å². The summed E-state index contributed by atoms with van der Waals surface area (Å²) < 4.78 is 33.3. The molecular weight excluding hydrogens is 364 g/mol. The average molecular weight is 380 g/mol. The lowest BCUT2D eigenvalue weighted by Crippen LogP contribution is -2.39. The van der Waals surface area contributed by atoms with Crippen LogP contribution in [-0.2, 0) is 9.53 Å². The minimum Gasteiger partial charge on any atom is -0.435 e. The van der Waals surface area contributed by atoms with Crippen molar-refractivity contribution in [1.82, 2.24) is 4.98 Å². The molecule has 0 saturated carbocycles. The van der Waals surface area contributed by atoms with Crippen LogP contribution in [0.3, 0.4) is 0 Å². The van der Waals surface area contributed by atoms with Crippen LogP contribution in [0.2, 0.25) is 0 Å². The number of amides is 1. The Morgan fingerprint density at radius 2 is 2.04 bits per heavy atom. The number of methoxy groups -OCH3 is 1. The maximum Gasteiger partial charge on any atom is 0.387 e. The van der Waals surface area contributed by atoms with Crippen molar-refractivity contribution in [2.75, 3.05) is 19.0 Å². The van der Waals surface area contributed by atoms with E-state index < -0.39 is 18.6 Å². The lowest BCUT2D eigenvalue weighted by molar-refractivity contribution is -0.118. The molecule has 0 aliphatic heterocycles. The zero-order valence-corrected chi connectivity index (χ0v) is 14.2. The van der Waals surface area contributed by atoms with E-state index in [4.69, 9.17) is 10.5 Å². The number of nitrogens with zero attached hydrogens (tertiary/aromatic N) is 1. The molecule has 2 aromatic rings. The minimum atomic E-state index is -2.86. The summed E-state index contributed by atoms with van der Waals surface area (Å²) in [6, 6.07) is 5.28.